The number of aromatic amines is 1. The second kappa shape index (κ2) is 9.62. The fourth-order valence-electron chi connectivity index (χ4n) is 3.93. The van der Waals surface area contributed by atoms with Gasteiger partial charge in [0.15, 0.2) is 11.6 Å². The van der Waals surface area contributed by atoms with Crippen LogP contribution < -0.4 is 27.0 Å². The van der Waals surface area contributed by atoms with E-state index < -0.39 is 47.5 Å². The maximum atomic E-state index is 14.5. The summed E-state index contributed by atoms with van der Waals surface area (Å²) >= 11 is 6.34. The van der Waals surface area contributed by atoms with E-state index >= 15 is 0 Å². The van der Waals surface area contributed by atoms with Gasteiger partial charge in [0.2, 0.25) is 5.95 Å². The molecule has 0 unspecified atom stereocenters. The highest BCUT2D eigenvalue weighted by molar-refractivity contribution is 6.33. The zero-order valence-corrected chi connectivity index (χ0v) is 19.6. The Morgan fingerprint density at radius 2 is 1.76 bits per heavy atom. The average molecular weight is 532 g/mol. The van der Waals surface area contributed by atoms with Crippen LogP contribution >= 0.6 is 11.6 Å². The first-order valence-electron chi connectivity index (χ1n) is 10.9. The van der Waals surface area contributed by atoms with Gasteiger partial charge in [0.05, 0.1) is 30.4 Å². The second-order valence-electron chi connectivity index (χ2n) is 8.22. The SMILES string of the molecule is O=c1[nH]cccc1Cn1c(=O)nc(Nc2cc3c(cc2Cl)OCC3)n(Cc2cc(F)c(F)cc2F)c1=O. The average Bonchev–Trinajstić information content (AvgIpc) is 3.30. The molecule has 0 amide bonds. The molecule has 0 fully saturated rings. The topological polar surface area (TPSA) is 111 Å². The van der Waals surface area contributed by atoms with Gasteiger partial charge in [-0.3, -0.25) is 9.36 Å². The smallest absolute Gasteiger partial charge is 0.355 e. The number of nitrogens with zero attached hydrogens (tertiary/aromatic N) is 3. The van der Waals surface area contributed by atoms with Gasteiger partial charge in [-0.2, -0.15) is 4.98 Å². The van der Waals surface area contributed by atoms with Gasteiger partial charge in [-0.15, -0.1) is 0 Å². The highest BCUT2D eigenvalue weighted by atomic mass is 35.5. The summed E-state index contributed by atoms with van der Waals surface area (Å²) in [5, 5.41) is 3.01. The molecule has 1 aliphatic rings. The Kier molecular flexibility index (Phi) is 6.34. The first-order valence-corrected chi connectivity index (χ1v) is 11.3. The molecule has 0 saturated carbocycles. The number of pyridine rings is 1. The number of benzene rings is 2. The molecule has 2 N–H and O–H groups in total. The van der Waals surface area contributed by atoms with Crippen LogP contribution in [0.3, 0.4) is 0 Å². The van der Waals surface area contributed by atoms with E-state index in [0.29, 0.717) is 35.5 Å². The van der Waals surface area contributed by atoms with Crippen molar-refractivity contribution in [2.75, 3.05) is 11.9 Å². The molecule has 37 heavy (non-hydrogen) atoms. The summed E-state index contributed by atoms with van der Waals surface area (Å²) in [6.07, 6.45) is 1.99. The quantitative estimate of drug-likeness (QED) is 0.370. The Balaban J connectivity index is 1.64. The van der Waals surface area contributed by atoms with E-state index in [-0.39, 0.29) is 27.8 Å². The van der Waals surface area contributed by atoms with Crippen molar-refractivity contribution >= 4 is 23.2 Å². The largest absolute Gasteiger partial charge is 0.493 e. The molecule has 3 heterocycles. The molecule has 4 aromatic rings. The van der Waals surface area contributed by atoms with Gasteiger partial charge in [-0.05, 0) is 23.8 Å². The van der Waals surface area contributed by atoms with Crippen LogP contribution in [-0.4, -0.2) is 25.7 Å². The molecule has 1 aliphatic heterocycles. The molecular weight excluding hydrogens is 515 g/mol. The summed E-state index contributed by atoms with van der Waals surface area (Å²) in [7, 11) is 0. The number of ether oxygens (including phenoxy) is 1. The zero-order valence-electron chi connectivity index (χ0n) is 18.9. The molecule has 0 radical (unpaired) electrons. The van der Waals surface area contributed by atoms with Crippen LogP contribution in [0.25, 0.3) is 0 Å². The van der Waals surface area contributed by atoms with E-state index in [9.17, 15) is 27.6 Å². The predicted molar refractivity (Wildman–Crippen MR) is 128 cm³/mol. The molecule has 2 aromatic carbocycles. The highest BCUT2D eigenvalue weighted by Crippen LogP contribution is 2.35. The van der Waals surface area contributed by atoms with Crippen molar-refractivity contribution in [3.63, 3.8) is 0 Å². The fraction of sp³-hybridized carbons (Fsp3) is 0.167. The van der Waals surface area contributed by atoms with E-state index in [2.05, 4.69) is 15.3 Å². The molecule has 2 aromatic heterocycles. The number of H-pyrrole nitrogens is 1. The van der Waals surface area contributed by atoms with E-state index in [1.165, 1.54) is 18.3 Å². The summed E-state index contributed by atoms with van der Waals surface area (Å²) in [5.74, 6) is -3.56. The third kappa shape index (κ3) is 4.75. The molecule has 0 aliphatic carbocycles. The van der Waals surface area contributed by atoms with Crippen LogP contribution in [0.15, 0.2) is 57.0 Å². The molecule has 0 bridgehead atoms. The van der Waals surface area contributed by atoms with Gasteiger partial charge in [0.25, 0.3) is 5.56 Å². The van der Waals surface area contributed by atoms with Crippen LogP contribution in [0.5, 0.6) is 5.75 Å². The van der Waals surface area contributed by atoms with Crippen molar-refractivity contribution in [3.05, 3.63) is 113 Å². The Labute approximate surface area is 210 Å². The summed E-state index contributed by atoms with van der Waals surface area (Å²) in [4.78, 5) is 44.8. The van der Waals surface area contributed by atoms with E-state index in [1.807, 2.05) is 0 Å². The minimum absolute atomic E-state index is 0.0939. The number of halogens is 4. The monoisotopic (exact) mass is 531 g/mol. The summed E-state index contributed by atoms with van der Waals surface area (Å²) < 4.78 is 48.9. The molecule has 190 valence electrons. The molecular formula is C24H17ClF3N5O4. The molecule has 13 heteroatoms. The zero-order chi connectivity index (χ0) is 26.3. The first kappa shape index (κ1) is 24.4. The highest BCUT2D eigenvalue weighted by Gasteiger charge is 2.20. The molecule has 0 spiro atoms. The Morgan fingerprint density at radius 3 is 2.54 bits per heavy atom. The Bertz CT molecular complexity index is 1720. The lowest BCUT2D eigenvalue weighted by Gasteiger charge is -2.17. The van der Waals surface area contributed by atoms with Crippen LogP contribution in [0.1, 0.15) is 16.7 Å². The van der Waals surface area contributed by atoms with E-state index in [0.717, 1.165) is 10.1 Å². The third-order valence-electron chi connectivity index (χ3n) is 5.82. The van der Waals surface area contributed by atoms with Crippen LogP contribution in [0, 0.1) is 17.5 Å². The van der Waals surface area contributed by atoms with Crippen molar-refractivity contribution < 1.29 is 17.9 Å². The van der Waals surface area contributed by atoms with Crippen molar-refractivity contribution in [2.24, 2.45) is 0 Å². The van der Waals surface area contributed by atoms with Crippen molar-refractivity contribution in [2.45, 2.75) is 19.5 Å². The fourth-order valence-corrected chi connectivity index (χ4v) is 4.13. The van der Waals surface area contributed by atoms with Crippen LogP contribution in [-0.2, 0) is 19.5 Å². The molecule has 5 rings (SSSR count). The number of aromatic nitrogens is 4. The summed E-state index contributed by atoms with van der Waals surface area (Å²) in [6, 6.07) is 7.12. The first-order chi connectivity index (χ1) is 17.7. The van der Waals surface area contributed by atoms with Crippen molar-refractivity contribution in [3.8, 4) is 5.75 Å². The van der Waals surface area contributed by atoms with Crippen molar-refractivity contribution in [1.29, 1.82) is 0 Å². The van der Waals surface area contributed by atoms with E-state index in [1.54, 1.807) is 12.1 Å². The Hall–Kier alpha value is -4.32. The van der Waals surface area contributed by atoms with Gasteiger partial charge in [-0.1, -0.05) is 17.7 Å². The summed E-state index contributed by atoms with van der Waals surface area (Å²) in [5.41, 5.74) is -1.67. The number of anilines is 2. The number of nitrogens with one attached hydrogen (secondary N) is 2. The van der Waals surface area contributed by atoms with Crippen molar-refractivity contribution in [1.82, 2.24) is 19.1 Å². The third-order valence-corrected chi connectivity index (χ3v) is 6.13. The van der Waals surface area contributed by atoms with Gasteiger partial charge >= 0.3 is 11.4 Å². The molecule has 0 atom stereocenters. The molecule has 9 nitrogen and oxygen atoms in total. The maximum absolute atomic E-state index is 14.5. The maximum Gasteiger partial charge on any atom is 0.355 e. The predicted octanol–water partition coefficient (Wildman–Crippen LogP) is 2.94. The minimum atomic E-state index is -1.40. The lowest BCUT2D eigenvalue weighted by Crippen LogP contribution is -2.43. The lowest BCUT2D eigenvalue weighted by atomic mass is 10.1. The van der Waals surface area contributed by atoms with Gasteiger partial charge in [0.1, 0.15) is 11.6 Å². The van der Waals surface area contributed by atoms with E-state index in [4.69, 9.17) is 16.3 Å². The van der Waals surface area contributed by atoms with Crippen LogP contribution in [0.4, 0.5) is 24.8 Å². The number of hydrogen-bond donors (Lipinski definition) is 2. The second-order valence-corrected chi connectivity index (χ2v) is 8.63. The Morgan fingerprint density at radius 1 is 1.00 bits per heavy atom. The van der Waals surface area contributed by atoms with Gasteiger partial charge < -0.3 is 15.0 Å². The summed E-state index contributed by atoms with van der Waals surface area (Å²) in [6.45, 7) is -0.589. The normalized spacial score (nSPS) is 12.3. The van der Waals surface area contributed by atoms with Gasteiger partial charge in [-0.25, -0.2) is 27.3 Å². The standard InChI is InChI=1S/C24H17ClF3N5O4/c25-15-8-20-12(3-5-37-20)7-19(15)30-22-31-23(35)33(10-13-2-1-4-29-21(13)34)24(36)32(22)11-14-6-17(27)18(28)9-16(14)26/h1-2,4,6-9H,3,5,10-11H2,(H,29,34)(H,30,31,35). The van der Waals surface area contributed by atoms with Gasteiger partial charge in [0, 0.05) is 35.9 Å². The number of fused-ring (bicyclic) bond motifs is 1. The molecule has 0 saturated heterocycles. The number of rotatable bonds is 6. The number of hydrogen-bond acceptors (Lipinski definition) is 6. The lowest BCUT2D eigenvalue weighted by molar-refractivity contribution is 0.357. The van der Waals surface area contributed by atoms with Crippen LogP contribution in [0.2, 0.25) is 5.02 Å². The minimum Gasteiger partial charge on any atom is -0.493 e.